The molecule has 1 amide bonds. The molecule has 4 heteroatoms. The molecular formula is C17H17BrN2O. The Labute approximate surface area is 133 Å². The van der Waals surface area contributed by atoms with Crippen molar-refractivity contribution >= 4 is 21.8 Å². The fourth-order valence-corrected chi connectivity index (χ4v) is 2.66. The van der Waals surface area contributed by atoms with E-state index in [1.807, 2.05) is 23.1 Å². The minimum Gasteiger partial charge on any atom is -0.331 e. The molecule has 1 heterocycles. The maximum Gasteiger partial charge on any atom is 0.255 e. The van der Waals surface area contributed by atoms with E-state index in [9.17, 15) is 4.79 Å². The van der Waals surface area contributed by atoms with E-state index in [0.29, 0.717) is 18.2 Å². The number of aryl methyl sites for hydroxylation is 1. The van der Waals surface area contributed by atoms with Crippen LogP contribution < -0.4 is 0 Å². The molecule has 3 rings (SSSR count). The number of aromatic nitrogens is 1. The first kappa shape index (κ1) is 14.3. The van der Waals surface area contributed by atoms with Gasteiger partial charge in [-0.05, 0) is 53.4 Å². The number of carbonyl (C=O) groups excluding carboxylic acids is 1. The van der Waals surface area contributed by atoms with E-state index in [0.717, 1.165) is 17.4 Å². The first-order valence-corrected chi connectivity index (χ1v) is 7.91. The third-order valence-corrected chi connectivity index (χ3v) is 4.13. The molecule has 0 N–H and O–H groups in total. The molecule has 0 saturated heterocycles. The van der Waals surface area contributed by atoms with Crippen LogP contribution in [0.2, 0.25) is 0 Å². The summed E-state index contributed by atoms with van der Waals surface area (Å²) in [6.07, 6.45) is 3.83. The summed E-state index contributed by atoms with van der Waals surface area (Å²) in [5.41, 5.74) is 3.05. The summed E-state index contributed by atoms with van der Waals surface area (Å²) >= 11 is 3.30. The Balaban J connectivity index is 1.81. The predicted molar refractivity (Wildman–Crippen MR) is 86.0 cm³/mol. The highest BCUT2D eigenvalue weighted by Gasteiger charge is 2.33. The molecule has 0 aliphatic heterocycles. The zero-order valence-electron chi connectivity index (χ0n) is 11.9. The summed E-state index contributed by atoms with van der Waals surface area (Å²) < 4.78 is 0.746. The van der Waals surface area contributed by atoms with Crippen molar-refractivity contribution in [1.29, 1.82) is 0 Å². The number of carbonyl (C=O) groups is 1. The number of hydrogen-bond acceptors (Lipinski definition) is 2. The predicted octanol–water partition coefficient (Wildman–Crippen LogP) is 3.96. The van der Waals surface area contributed by atoms with Crippen LogP contribution in [0.15, 0.2) is 47.2 Å². The van der Waals surface area contributed by atoms with Gasteiger partial charge in [0.1, 0.15) is 4.60 Å². The molecule has 0 bridgehead atoms. The molecule has 1 saturated carbocycles. The first-order valence-electron chi connectivity index (χ1n) is 7.11. The molecular weight excluding hydrogens is 328 g/mol. The molecule has 2 aromatic rings. The summed E-state index contributed by atoms with van der Waals surface area (Å²) in [6, 6.07) is 12.3. The Morgan fingerprint density at radius 3 is 2.76 bits per heavy atom. The second-order valence-electron chi connectivity index (χ2n) is 5.52. The molecule has 1 fully saturated rings. The lowest BCUT2D eigenvalue weighted by Gasteiger charge is -2.22. The van der Waals surface area contributed by atoms with Gasteiger partial charge in [-0.3, -0.25) is 4.79 Å². The second-order valence-corrected chi connectivity index (χ2v) is 6.34. The molecule has 1 aliphatic carbocycles. The molecule has 3 nitrogen and oxygen atoms in total. The van der Waals surface area contributed by atoms with Crippen LogP contribution in [0.25, 0.3) is 0 Å². The van der Waals surface area contributed by atoms with E-state index < -0.39 is 0 Å². The van der Waals surface area contributed by atoms with Crippen LogP contribution in [0.3, 0.4) is 0 Å². The first-order chi connectivity index (χ1) is 10.1. The Hall–Kier alpha value is -1.68. The van der Waals surface area contributed by atoms with Crippen LogP contribution in [0.5, 0.6) is 0 Å². The van der Waals surface area contributed by atoms with E-state index in [2.05, 4.69) is 46.0 Å². The van der Waals surface area contributed by atoms with Crippen molar-refractivity contribution in [2.45, 2.75) is 32.4 Å². The highest BCUT2D eigenvalue weighted by Crippen LogP contribution is 2.30. The number of pyridine rings is 1. The number of nitrogens with zero attached hydrogens (tertiary/aromatic N) is 2. The standard InChI is InChI=1S/C17H17BrN2O/c1-12-3-2-4-13(9-12)11-20(15-6-7-15)17(21)14-5-8-16(18)19-10-14/h2-5,8-10,15H,6-7,11H2,1H3. The topological polar surface area (TPSA) is 33.2 Å². The van der Waals surface area contributed by atoms with Gasteiger partial charge in [-0.15, -0.1) is 0 Å². The molecule has 1 aromatic heterocycles. The van der Waals surface area contributed by atoms with Crippen molar-refractivity contribution in [1.82, 2.24) is 9.88 Å². The van der Waals surface area contributed by atoms with E-state index in [-0.39, 0.29) is 5.91 Å². The summed E-state index contributed by atoms with van der Waals surface area (Å²) in [5, 5.41) is 0. The average Bonchev–Trinajstić information content (AvgIpc) is 3.29. The van der Waals surface area contributed by atoms with Crippen LogP contribution >= 0.6 is 15.9 Å². The van der Waals surface area contributed by atoms with Gasteiger partial charge in [0.05, 0.1) is 5.56 Å². The van der Waals surface area contributed by atoms with Crippen molar-refractivity contribution in [3.8, 4) is 0 Å². The average molecular weight is 345 g/mol. The Bertz CT molecular complexity index is 650. The summed E-state index contributed by atoms with van der Waals surface area (Å²) in [7, 11) is 0. The lowest BCUT2D eigenvalue weighted by molar-refractivity contribution is 0.0729. The Morgan fingerprint density at radius 1 is 1.33 bits per heavy atom. The summed E-state index contributed by atoms with van der Waals surface area (Å²) in [6.45, 7) is 2.74. The minimum atomic E-state index is 0.0685. The Kier molecular flexibility index (Phi) is 4.06. The van der Waals surface area contributed by atoms with Gasteiger partial charge in [0, 0.05) is 18.8 Å². The third-order valence-electron chi connectivity index (χ3n) is 3.66. The quantitative estimate of drug-likeness (QED) is 0.786. The smallest absolute Gasteiger partial charge is 0.255 e. The Morgan fingerprint density at radius 2 is 2.14 bits per heavy atom. The summed E-state index contributed by atoms with van der Waals surface area (Å²) in [5.74, 6) is 0.0685. The number of rotatable bonds is 4. The van der Waals surface area contributed by atoms with Crippen molar-refractivity contribution in [3.63, 3.8) is 0 Å². The van der Waals surface area contributed by atoms with Crippen molar-refractivity contribution in [2.75, 3.05) is 0 Å². The molecule has 0 atom stereocenters. The highest BCUT2D eigenvalue weighted by atomic mass is 79.9. The number of amides is 1. The van der Waals surface area contributed by atoms with Gasteiger partial charge in [0.2, 0.25) is 0 Å². The van der Waals surface area contributed by atoms with Crippen molar-refractivity contribution in [3.05, 3.63) is 63.9 Å². The van der Waals surface area contributed by atoms with Crippen LogP contribution in [0.4, 0.5) is 0 Å². The zero-order chi connectivity index (χ0) is 14.8. The van der Waals surface area contributed by atoms with Crippen LogP contribution in [-0.4, -0.2) is 21.8 Å². The van der Waals surface area contributed by atoms with Gasteiger partial charge in [-0.1, -0.05) is 29.8 Å². The lowest BCUT2D eigenvalue weighted by atomic mass is 10.1. The fraction of sp³-hybridized carbons (Fsp3) is 0.294. The van der Waals surface area contributed by atoms with Gasteiger partial charge in [-0.2, -0.15) is 0 Å². The second kappa shape index (κ2) is 5.98. The number of benzene rings is 1. The van der Waals surface area contributed by atoms with E-state index in [4.69, 9.17) is 0 Å². The normalized spacial score (nSPS) is 14.0. The maximum absolute atomic E-state index is 12.7. The minimum absolute atomic E-state index is 0.0685. The molecule has 1 aliphatic rings. The monoisotopic (exact) mass is 344 g/mol. The lowest BCUT2D eigenvalue weighted by Crippen LogP contribution is -2.32. The molecule has 0 radical (unpaired) electrons. The van der Waals surface area contributed by atoms with E-state index in [1.54, 1.807) is 6.20 Å². The van der Waals surface area contributed by atoms with Gasteiger partial charge in [-0.25, -0.2) is 4.98 Å². The van der Waals surface area contributed by atoms with Crippen LogP contribution in [-0.2, 0) is 6.54 Å². The molecule has 0 unspecified atom stereocenters. The zero-order valence-corrected chi connectivity index (χ0v) is 13.5. The SMILES string of the molecule is Cc1cccc(CN(C(=O)c2ccc(Br)nc2)C2CC2)c1. The maximum atomic E-state index is 12.7. The number of hydrogen-bond donors (Lipinski definition) is 0. The van der Waals surface area contributed by atoms with E-state index in [1.165, 1.54) is 11.1 Å². The molecule has 108 valence electrons. The van der Waals surface area contributed by atoms with E-state index >= 15 is 0 Å². The van der Waals surface area contributed by atoms with Gasteiger partial charge in [0.25, 0.3) is 5.91 Å². The summed E-state index contributed by atoms with van der Waals surface area (Å²) in [4.78, 5) is 18.8. The fourth-order valence-electron chi connectivity index (χ4n) is 2.43. The number of halogens is 1. The molecule has 21 heavy (non-hydrogen) atoms. The van der Waals surface area contributed by atoms with Gasteiger partial charge < -0.3 is 4.90 Å². The highest BCUT2D eigenvalue weighted by molar-refractivity contribution is 9.10. The van der Waals surface area contributed by atoms with Gasteiger partial charge >= 0.3 is 0 Å². The largest absolute Gasteiger partial charge is 0.331 e. The van der Waals surface area contributed by atoms with Crippen molar-refractivity contribution in [2.24, 2.45) is 0 Å². The van der Waals surface area contributed by atoms with Crippen molar-refractivity contribution < 1.29 is 4.79 Å². The van der Waals surface area contributed by atoms with Crippen LogP contribution in [0, 0.1) is 6.92 Å². The molecule has 1 aromatic carbocycles. The third kappa shape index (κ3) is 3.50. The molecule has 0 spiro atoms. The van der Waals surface area contributed by atoms with Gasteiger partial charge in [0.15, 0.2) is 0 Å². The van der Waals surface area contributed by atoms with Crippen LogP contribution in [0.1, 0.15) is 34.3 Å².